The van der Waals surface area contributed by atoms with E-state index >= 15 is 0 Å². The molecule has 0 saturated heterocycles. The Morgan fingerprint density at radius 1 is 1.29 bits per heavy atom. The van der Waals surface area contributed by atoms with Crippen LogP contribution in [0.5, 0.6) is 5.75 Å². The van der Waals surface area contributed by atoms with Gasteiger partial charge in [0, 0.05) is 19.6 Å². The lowest BCUT2D eigenvalue weighted by Crippen LogP contribution is -2.35. The molecule has 0 aromatic heterocycles. The number of hydrogen-bond donors (Lipinski definition) is 1. The topological polar surface area (TPSA) is 41.9 Å². The summed E-state index contributed by atoms with van der Waals surface area (Å²) in [7, 11) is 1.66. The van der Waals surface area contributed by atoms with Gasteiger partial charge < -0.3 is 14.6 Å². The molecule has 0 aliphatic rings. The maximum atomic E-state index is 10.0. The van der Waals surface area contributed by atoms with Crippen LogP contribution in [0.15, 0.2) is 36.9 Å². The minimum atomic E-state index is -0.495. The van der Waals surface area contributed by atoms with Crippen LogP contribution < -0.4 is 4.74 Å². The summed E-state index contributed by atoms with van der Waals surface area (Å²) in [6.07, 6.45) is 1.49. The van der Waals surface area contributed by atoms with Gasteiger partial charge in [-0.2, -0.15) is 0 Å². The Morgan fingerprint density at radius 3 is 2.48 bits per heavy atom. The summed E-state index contributed by atoms with van der Waals surface area (Å²) in [6, 6.07) is 7.96. The lowest BCUT2D eigenvalue weighted by molar-refractivity contribution is -0.00809. The molecule has 1 aromatic carbocycles. The Kier molecular flexibility index (Phi) is 8.05. The van der Waals surface area contributed by atoms with E-state index in [-0.39, 0.29) is 6.10 Å². The van der Waals surface area contributed by atoms with Crippen molar-refractivity contribution in [2.24, 2.45) is 0 Å². The van der Waals surface area contributed by atoms with E-state index in [4.69, 9.17) is 9.47 Å². The highest BCUT2D eigenvalue weighted by Gasteiger charge is 2.12. The van der Waals surface area contributed by atoms with Crippen LogP contribution in [0.4, 0.5) is 0 Å². The zero-order chi connectivity index (χ0) is 15.7. The molecule has 0 saturated carbocycles. The van der Waals surface area contributed by atoms with Crippen molar-refractivity contribution in [2.75, 3.05) is 26.8 Å². The second-order valence-corrected chi connectivity index (χ2v) is 5.37. The van der Waals surface area contributed by atoms with Crippen molar-refractivity contribution in [3.8, 4) is 5.75 Å². The van der Waals surface area contributed by atoms with Crippen molar-refractivity contribution in [1.29, 1.82) is 0 Å². The van der Waals surface area contributed by atoms with Gasteiger partial charge in [0.15, 0.2) is 0 Å². The van der Waals surface area contributed by atoms with Crippen molar-refractivity contribution >= 4 is 0 Å². The minimum Gasteiger partial charge on any atom is -0.497 e. The van der Waals surface area contributed by atoms with Gasteiger partial charge in [0.05, 0.1) is 25.9 Å². The quantitative estimate of drug-likeness (QED) is 0.673. The fraction of sp³-hybridized carbons (Fsp3) is 0.529. The Morgan fingerprint density at radius 2 is 1.95 bits per heavy atom. The molecule has 0 fully saturated rings. The van der Waals surface area contributed by atoms with Crippen molar-refractivity contribution in [3.05, 3.63) is 42.5 Å². The van der Waals surface area contributed by atoms with E-state index < -0.39 is 6.10 Å². The molecule has 1 rings (SSSR count). The van der Waals surface area contributed by atoms with Crippen molar-refractivity contribution < 1.29 is 14.6 Å². The normalized spacial score (nSPS) is 12.7. The van der Waals surface area contributed by atoms with Gasteiger partial charge in [-0.1, -0.05) is 18.2 Å². The predicted molar refractivity (Wildman–Crippen MR) is 85.6 cm³/mol. The molecule has 1 aromatic rings. The first-order valence-corrected chi connectivity index (χ1v) is 7.31. The fourth-order valence-electron chi connectivity index (χ4n) is 2.03. The van der Waals surface area contributed by atoms with Crippen molar-refractivity contribution in [1.82, 2.24) is 4.90 Å². The average molecular weight is 293 g/mol. The molecule has 4 nitrogen and oxygen atoms in total. The smallest absolute Gasteiger partial charge is 0.118 e. The van der Waals surface area contributed by atoms with Crippen LogP contribution in [-0.4, -0.2) is 49.0 Å². The zero-order valence-electron chi connectivity index (χ0n) is 13.3. The average Bonchev–Trinajstić information content (AvgIpc) is 2.46. The number of ether oxygens (including phenoxy) is 2. The second kappa shape index (κ2) is 9.55. The second-order valence-electron chi connectivity index (χ2n) is 5.37. The molecule has 0 spiro atoms. The van der Waals surface area contributed by atoms with Crippen LogP contribution in [0.1, 0.15) is 19.4 Å². The molecule has 4 heteroatoms. The Balaban J connectivity index is 2.53. The summed E-state index contributed by atoms with van der Waals surface area (Å²) in [5.74, 6) is 0.847. The van der Waals surface area contributed by atoms with Crippen LogP contribution in [0.3, 0.4) is 0 Å². The summed E-state index contributed by atoms with van der Waals surface area (Å²) in [6.45, 7) is 10.1. The third-order valence-corrected chi connectivity index (χ3v) is 3.04. The molecule has 1 atom stereocenters. The molecule has 118 valence electrons. The van der Waals surface area contributed by atoms with E-state index in [1.807, 2.05) is 44.2 Å². The summed E-state index contributed by atoms with van der Waals surface area (Å²) in [5, 5.41) is 10.0. The Hall–Kier alpha value is -1.36. The first-order chi connectivity index (χ1) is 10.0. The number of aliphatic hydroxyl groups is 1. The van der Waals surface area contributed by atoms with Crippen LogP contribution in [0, 0.1) is 0 Å². The molecule has 0 aliphatic heterocycles. The van der Waals surface area contributed by atoms with Gasteiger partial charge in [0.1, 0.15) is 5.75 Å². The molecule has 21 heavy (non-hydrogen) atoms. The lowest BCUT2D eigenvalue weighted by atomic mass is 10.2. The number of benzene rings is 1. The van der Waals surface area contributed by atoms with E-state index in [1.54, 1.807) is 7.11 Å². The van der Waals surface area contributed by atoms with Gasteiger partial charge in [0.25, 0.3) is 0 Å². The monoisotopic (exact) mass is 293 g/mol. The number of nitrogens with zero attached hydrogens (tertiary/aromatic N) is 1. The minimum absolute atomic E-state index is 0.133. The molecule has 0 bridgehead atoms. The lowest BCUT2D eigenvalue weighted by Gasteiger charge is -2.24. The molecule has 1 N–H and O–H groups in total. The van der Waals surface area contributed by atoms with E-state index in [2.05, 4.69) is 11.5 Å². The van der Waals surface area contributed by atoms with Gasteiger partial charge in [-0.3, -0.25) is 4.90 Å². The first kappa shape index (κ1) is 17.7. The van der Waals surface area contributed by atoms with Crippen LogP contribution in [-0.2, 0) is 11.3 Å². The summed E-state index contributed by atoms with van der Waals surface area (Å²) >= 11 is 0. The van der Waals surface area contributed by atoms with Crippen molar-refractivity contribution in [2.45, 2.75) is 32.6 Å². The van der Waals surface area contributed by atoms with Crippen LogP contribution >= 0.6 is 0 Å². The van der Waals surface area contributed by atoms with Gasteiger partial charge >= 0.3 is 0 Å². The van der Waals surface area contributed by atoms with Crippen LogP contribution in [0.25, 0.3) is 0 Å². The van der Waals surface area contributed by atoms with E-state index in [0.29, 0.717) is 13.2 Å². The molecular formula is C17H27NO3. The van der Waals surface area contributed by atoms with E-state index in [9.17, 15) is 5.11 Å². The maximum Gasteiger partial charge on any atom is 0.118 e. The van der Waals surface area contributed by atoms with E-state index in [0.717, 1.165) is 18.8 Å². The zero-order valence-corrected chi connectivity index (χ0v) is 13.3. The van der Waals surface area contributed by atoms with E-state index in [1.165, 1.54) is 5.56 Å². The van der Waals surface area contributed by atoms with Crippen molar-refractivity contribution in [3.63, 3.8) is 0 Å². The number of hydrogen-bond acceptors (Lipinski definition) is 4. The number of aliphatic hydroxyl groups excluding tert-OH is 1. The molecule has 0 heterocycles. The number of rotatable bonds is 10. The largest absolute Gasteiger partial charge is 0.497 e. The third kappa shape index (κ3) is 7.27. The highest BCUT2D eigenvalue weighted by atomic mass is 16.5. The summed E-state index contributed by atoms with van der Waals surface area (Å²) in [5.41, 5.74) is 1.18. The third-order valence-electron chi connectivity index (χ3n) is 3.04. The Bertz CT molecular complexity index is 403. The molecule has 0 aliphatic carbocycles. The van der Waals surface area contributed by atoms with Gasteiger partial charge in [0.2, 0.25) is 0 Å². The van der Waals surface area contributed by atoms with Crippen LogP contribution in [0.2, 0.25) is 0 Å². The molecular weight excluding hydrogens is 266 g/mol. The summed E-state index contributed by atoms with van der Waals surface area (Å²) in [4.78, 5) is 2.14. The standard InChI is InChI=1S/C17H27NO3/c1-5-10-18(12-16(19)13-21-14(2)3)11-15-6-8-17(20-4)9-7-15/h5-9,14,16,19H,1,10-13H2,2-4H3. The Labute approximate surface area is 128 Å². The van der Waals surface area contributed by atoms with Gasteiger partial charge in [-0.05, 0) is 31.5 Å². The van der Waals surface area contributed by atoms with Gasteiger partial charge in [-0.25, -0.2) is 0 Å². The number of methoxy groups -OCH3 is 1. The summed E-state index contributed by atoms with van der Waals surface area (Å²) < 4.78 is 10.6. The highest BCUT2D eigenvalue weighted by molar-refractivity contribution is 5.27. The molecule has 0 amide bonds. The molecule has 0 radical (unpaired) electrons. The fourth-order valence-corrected chi connectivity index (χ4v) is 2.03. The first-order valence-electron chi connectivity index (χ1n) is 7.31. The van der Waals surface area contributed by atoms with Gasteiger partial charge in [-0.15, -0.1) is 6.58 Å². The SMILES string of the molecule is C=CCN(Cc1ccc(OC)cc1)CC(O)COC(C)C. The molecule has 1 unspecified atom stereocenters. The maximum absolute atomic E-state index is 10.0. The highest BCUT2D eigenvalue weighted by Crippen LogP contribution is 2.13. The predicted octanol–water partition coefficient (Wildman–Crippen LogP) is 2.47.